The Balaban J connectivity index is 1.43. The molecule has 3 aromatic heterocycles. The molecule has 0 fully saturated rings. The number of aryl methyl sites for hydroxylation is 2. The molecule has 0 saturated heterocycles. The van der Waals surface area contributed by atoms with Crippen molar-refractivity contribution in [2.75, 3.05) is 12.4 Å². The molecule has 1 atom stereocenters. The summed E-state index contributed by atoms with van der Waals surface area (Å²) in [6.07, 6.45) is 1.78. The lowest BCUT2D eigenvalue weighted by molar-refractivity contribution is -0.116. The predicted molar refractivity (Wildman–Crippen MR) is 136 cm³/mol. The molecule has 1 aliphatic rings. The summed E-state index contributed by atoms with van der Waals surface area (Å²) in [6, 6.07) is 17.6. The largest absolute Gasteiger partial charge is 0.493 e. The number of methoxy groups -OCH3 is 1. The zero-order valence-corrected chi connectivity index (χ0v) is 20.7. The smallest absolute Gasteiger partial charge is 0.226 e. The van der Waals surface area contributed by atoms with Gasteiger partial charge in [0.25, 0.3) is 0 Å². The van der Waals surface area contributed by atoms with E-state index >= 15 is 0 Å². The number of ether oxygens (including phenoxy) is 2. The number of hydrogen-bond donors (Lipinski definition) is 1. The van der Waals surface area contributed by atoms with E-state index in [0.717, 1.165) is 27.9 Å². The van der Waals surface area contributed by atoms with Crippen molar-refractivity contribution in [2.45, 2.75) is 32.8 Å². The third-order valence-electron chi connectivity index (χ3n) is 6.54. The normalized spacial score (nSPS) is 14.9. The molecule has 4 heterocycles. The lowest BCUT2D eigenvalue weighted by atomic mass is 9.85. The fourth-order valence-corrected chi connectivity index (χ4v) is 4.89. The highest BCUT2D eigenvalue weighted by Gasteiger charge is 2.35. The van der Waals surface area contributed by atoms with E-state index in [4.69, 9.17) is 14.6 Å². The average molecular weight is 496 g/mol. The van der Waals surface area contributed by atoms with Crippen LogP contribution in [-0.4, -0.2) is 42.6 Å². The zero-order chi connectivity index (χ0) is 25.5. The van der Waals surface area contributed by atoms with Crippen LogP contribution in [0.5, 0.6) is 11.5 Å². The zero-order valence-electron chi connectivity index (χ0n) is 20.7. The fourth-order valence-electron chi connectivity index (χ4n) is 4.89. The minimum Gasteiger partial charge on any atom is -0.493 e. The molecule has 1 N–H and O–H groups in total. The highest BCUT2D eigenvalue weighted by molar-refractivity contribution is 5.95. The molecular formula is C27H25N7O3. The number of hydrogen-bond acceptors (Lipinski definition) is 7. The Morgan fingerprint density at radius 3 is 2.78 bits per heavy atom. The van der Waals surface area contributed by atoms with Gasteiger partial charge in [-0.3, -0.25) is 4.79 Å². The molecule has 0 bridgehead atoms. The summed E-state index contributed by atoms with van der Waals surface area (Å²) in [4.78, 5) is 13.0. The van der Waals surface area contributed by atoms with Gasteiger partial charge in [-0.15, -0.1) is 15.3 Å². The van der Waals surface area contributed by atoms with E-state index in [1.165, 1.54) is 6.33 Å². The number of nitrogens with zero attached hydrogens (tertiary/aromatic N) is 6. The molecular weight excluding hydrogens is 470 g/mol. The van der Waals surface area contributed by atoms with E-state index in [0.29, 0.717) is 35.4 Å². The van der Waals surface area contributed by atoms with E-state index in [1.807, 2.05) is 37.3 Å². The van der Waals surface area contributed by atoms with Gasteiger partial charge in [-0.1, -0.05) is 42.0 Å². The van der Waals surface area contributed by atoms with Gasteiger partial charge in [0, 0.05) is 23.5 Å². The number of nitrogens with one attached hydrogen (secondary N) is 1. The second-order valence-electron chi connectivity index (χ2n) is 9.05. The average Bonchev–Trinajstić information content (AvgIpc) is 3.50. The highest BCUT2D eigenvalue weighted by atomic mass is 16.5. The van der Waals surface area contributed by atoms with Crippen molar-refractivity contribution in [3.8, 4) is 17.3 Å². The molecule has 10 heteroatoms. The van der Waals surface area contributed by atoms with Crippen LogP contribution in [0.4, 0.5) is 5.82 Å². The molecule has 186 valence electrons. The Labute approximate surface area is 212 Å². The molecule has 2 aromatic carbocycles. The van der Waals surface area contributed by atoms with Crippen LogP contribution in [0.1, 0.15) is 40.3 Å². The molecule has 0 spiro atoms. The third kappa shape index (κ3) is 4.06. The first-order valence-electron chi connectivity index (χ1n) is 11.9. The Bertz CT molecular complexity index is 1640. The number of benzene rings is 2. The van der Waals surface area contributed by atoms with Crippen LogP contribution in [0.2, 0.25) is 0 Å². The number of fused-ring (bicyclic) bond motifs is 2. The van der Waals surface area contributed by atoms with Crippen molar-refractivity contribution in [1.82, 2.24) is 29.6 Å². The standard InChI is InChI=1S/C27H25N7O3/c1-16-6-4-7-18(12-16)14-37-26-19(8-5-9-21(26)36-3)20-13-24(35)29-27-25(20)17(2)31-34(27)23-11-10-22-30-28-15-33(22)32-23/h4-12,15,20H,13-14H2,1-3H3,(H,29,35)/t20-/m1/s1. The van der Waals surface area contributed by atoms with Crippen molar-refractivity contribution in [3.05, 3.63) is 88.9 Å². The molecule has 0 radical (unpaired) electrons. The maximum absolute atomic E-state index is 13.0. The number of carbonyl (C=O) groups excluding carboxylic acids is 1. The minimum atomic E-state index is -0.279. The molecule has 0 saturated carbocycles. The van der Waals surface area contributed by atoms with Crippen molar-refractivity contribution in [1.29, 1.82) is 0 Å². The van der Waals surface area contributed by atoms with Crippen LogP contribution in [-0.2, 0) is 11.4 Å². The first kappa shape index (κ1) is 22.7. The van der Waals surface area contributed by atoms with Crippen LogP contribution in [0.15, 0.2) is 60.9 Å². The van der Waals surface area contributed by atoms with Crippen LogP contribution in [0.3, 0.4) is 0 Å². The Kier molecular flexibility index (Phi) is 5.56. The second kappa shape index (κ2) is 9.05. The molecule has 37 heavy (non-hydrogen) atoms. The molecule has 1 amide bonds. The van der Waals surface area contributed by atoms with Crippen LogP contribution in [0.25, 0.3) is 11.5 Å². The Hall–Kier alpha value is -4.73. The molecule has 5 aromatic rings. The summed E-state index contributed by atoms with van der Waals surface area (Å²) in [5.41, 5.74) is 5.41. The van der Waals surface area contributed by atoms with Gasteiger partial charge in [0.05, 0.1) is 12.8 Å². The summed E-state index contributed by atoms with van der Waals surface area (Å²) in [7, 11) is 1.62. The van der Waals surface area contributed by atoms with Gasteiger partial charge in [-0.05, 0) is 37.6 Å². The number of carbonyl (C=O) groups is 1. The summed E-state index contributed by atoms with van der Waals surface area (Å²) < 4.78 is 15.3. The molecule has 1 aliphatic heterocycles. The van der Waals surface area contributed by atoms with E-state index in [9.17, 15) is 4.79 Å². The molecule has 10 nitrogen and oxygen atoms in total. The lowest BCUT2D eigenvalue weighted by Gasteiger charge is -2.26. The number of rotatable bonds is 6. The number of para-hydroxylation sites is 1. The van der Waals surface area contributed by atoms with Gasteiger partial charge in [-0.25, -0.2) is 0 Å². The van der Waals surface area contributed by atoms with Crippen LogP contribution >= 0.6 is 0 Å². The maximum atomic E-state index is 13.0. The minimum absolute atomic E-state index is 0.114. The van der Waals surface area contributed by atoms with Gasteiger partial charge in [0.15, 0.2) is 23.0 Å². The van der Waals surface area contributed by atoms with Crippen molar-refractivity contribution >= 4 is 17.4 Å². The fraction of sp³-hybridized carbons (Fsp3) is 0.222. The van der Waals surface area contributed by atoms with Gasteiger partial charge in [-0.2, -0.15) is 14.3 Å². The lowest BCUT2D eigenvalue weighted by Crippen LogP contribution is -2.25. The first-order chi connectivity index (χ1) is 18.0. The van der Waals surface area contributed by atoms with E-state index in [1.54, 1.807) is 28.4 Å². The van der Waals surface area contributed by atoms with E-state index < -0.39 is 0 Å². The van der Waals surface area contributed by atoms with E-state index in [-0.39, 0.29) is 18.2 Å². The van der Waals surface area contributed by atoms with Crippen molar-refractivity contribution in [3.63, 3.8) is 0 Å². The number of amides is 1. The quantitative estimate of drug-likeness (QED) is 0.379. The van der Waals surface area contributed by atoms with Gasteiger partial charge in [0.1, 0.15) is 18.8 Å². The second-order valence-corrected chi connectivity index (χ2v) is 9.05. The van der Waals surface area contributed by atoms with Crippen molar-refractivity contribution in [2.24, 2.45) is 0 Å². The Morgan fingerprint density at radius 1 is 1.08 bits per heavy atom. The van der Waals surface area contributed by atoms with Crippen LogP contribution < -0.4 is 14.8 Å². The Morgan fingerprint density at radius 2 is 1.95 bits per heavy atom. The predicted octanol–water partition coefficient (Wildman–Crippen LogP) is 3.99. The molecule has 0 aliphatic carbocycles. The van der Waals surface area contributed by atoms with Gasteiger partial charge in [0.2, 0.25) is 5.91 Å². The maximum Gasteiger partial charge on any atom is 0.226 e. The molecule has 0 unspecified atom stereocenters. The topological polar surface area (TPSA) is 108 Å². The summed E-state index contributed by atoms with van der Waals surface area (Å²) >= 11 is 0. The van der Waals surface area contributed by atoms with Gasteiger partial charge < -0.3 is 14.8 Å². The summed E-state index contributed by atoms with van der Waals surface area (Å²) in [5.74, 6) is 1.97. The summed E-state index contributed by atoms with van der Waals surface area (Å²) in [6.45, 7) is 4.36. The number of aromatic nitrogens is 6. The monoisotopic (exact) mass is 495 g/mol. The van der Waals surface area contributed by atoms with Crippen molar-refractivity contribution < 1.29 is 14.3 Å². The van der Waals surface area contributed by atoms with E-state index in [2.05, 4.69) is 39.7 Å². The molecule has 6 rings (SSSR count). The third-order valence-corrected chi connectivity index (χ3v) is 6.54. The number of anilines is 1. The van der Waals surface area contributed by atoms with Gasteiger partial charge >= 0.3 is 0 Å². The first-order valence-corrected chi connectivity index (χ1v) is 11.9. The highest BCUT2D eigenvalue weighted by Crippen LogP contribution is 2.45. The SMILES string of the molecule is COc1cccc([C@H]2CC(=O)Nc3c2c(C)nn3-c2ccc3nncn3n2)c1OCc1cccc(C)c1. The van der Waals surface area contributed by atoms with Crippen LogP contribution in [0, 0.1) is 13.8 Å². The summed E-state index contributed by atoms with van der Waals surface area (Å²) in [5, 5.41) is 20.2.